The Morgan fingerprint density at radius 3 is 2.71 bits per heavy atom. The van der Waals surface area contributed by atoms with Gasteiger partial charge in [-0.3, -0.25) is 4.90 Å². The minimum Gasteiger partial charge on any atom is -0.491 e. The summed E-state index contributed by atoms with van der Waals surface area (Å²) in [6.45, 7) is 4.88. The van der Waals surface area contributed by atoms with Gasteiger partial charge in [0.25, 0.3) is 0 Å². The van der Waals surface area contributed by atoms with E-state index < -0.39 is 0 Å². The molecule has 4 nitrogen and oxygen atoms in total. The maximum Gasteiger partial charge on any atom is 0.119 e. The molecule has 3 rings (SSSR count). The predicted molar refractivity (Wildman–Crippen MR) is 100 cm³/mol. The van der Waals surface area contributed by atoms with Crippen LogP contribution in [0.15, 0.2) is 24.3 Å². The van der Waals surface area contributed by atoms with E-state index in [0.717, 1.165) is 38.3 Å². The van der Waals surface area contributed by atoms with E-state index >= 15 is 0 Å². The van der Waals surface area contributed by atoms with Crippen LogP contribution < -0.4 is 10.1 Å². The number of rotatable bonds is 6. The van der Waals surface area contributed by atoms with Crippen LogP contribution in [0.1, 0.15) is 37.7 Å². The molecule has 136 valence electrons. The van der Waals surface area contributed by atoms with Crippen molar-refractivity contribution in [1.29, 1.82) is 0 Å². The summed E-state index contributed by atoms with van der Waals surface area (Å²) in [6, 6.07) is 9.26. The molecule has 0 aliphatic carbocycles. The predicted octanol–water partition coefficient (Wildman–Crippen LogP) is 3.24. The van der Waals surface area contributed by atoms with Crippen molar-refractivity contribution >= 4 is 12.4 Å². The average Bonchev–Trinajstić information content (AvgIpc) is 2.94. The van der Waals surface area contributed by atoms with Crippen LogP contribution in [0.3, 0.4) is 0 Å². The van der Waals surface area contributed by atoms with Gasteiger partial charge in [-0.15, -0.1) is 12.4 Å². The molecule has 1 N–H and O–H groups in total. The fourth-order valence-corrected chi connectivity index (χ4v) is 3.51. The summed E-state index contributed by atoms with van der Waals surface area (Å²) in [5.74, 6) is 0.950. The van der Waals surface area contributed by atoms with E-state index in [2.05, 4.69) is 41.5 Å². The van der Waals surface area contributed by atoms with Crippen molar-refractivity contribution in [1.82, 2.24) is 10.2 Å². The monoisotopic (exact) mass is 354 g/mol. The summed E-state index contributed by atoms with van der Waals surface area (Å²) in [5, 5.41) is 3.49. The minimum absolute atomic E-state index is 0. The third-order valence-electron chi connectivity index (χ3n) is 4.98. The Morgan fingerprint density at radius 1 is 1.12 bits per heavy atom. The van der Waals surface area contributed by atoms with Gasteiger partial charge < -0.3 is 14.8 Å². The van der Waals surface area contributed by atoms with E-state index in [0.29, 0.717) is 12.6 Å². The van der Waals surface area contributed by atoms with Crippen LogP contribution in [0.2, 0.25) is 0 Å². The highest BCUT2D eigenvalue weighted by molar-refractivity contribution is 5.85. The lowest BCUT2D eigenvalue weighted by atomic mass is 10.1. The van der Waals surface area contributed by atoms with Gasteiger partial charge in [0.1, 0.15) is 12.4 Å². The van der Waals surface area contributed by atoms with Gasteiger partial charge in [-0.2, -0.15) is 0 Å². The van der Waals surface area contributed by atoms with Crippen LogP contribution in [0.4, 0.5) is 0 Å². The number of benzene rings is 1. The Hall–Kier alpha value is -0.810. The van der Waals surface area contributed by atoms with E-state index in [4.69, 9.17) is 9.47 Å². The normalized spacial score (nSPS) is 24.4. The van der Waals surface area contributed by atoms with E-state index in [9.17, 15) is 0 Å². The first kappa shape index (κ1) is 19.5. The van der Waals surface area contributed by atoms with Gasteiger partial charge in [0.15, 0.2) is 0 Å². The Labute approximate surface area is 152 Å². The summed E-state index contributed by atoms with van der Waals surface area (Å²) < 4.78 is 11.4. The van der Waals surface area contributed by atoms with Crippen molar-refractivity contribution in [3.05, 3.63) is 29.8 Å². The number of ether oxygens (including phenoxy) is 2. The quantitative estimate of drug-likeness (QED) is 0.850. The molecule has 0 radical (unpaired) electrons. The van der Waals surface area contributed by atoms with Gasteiger partial charge in [-0.25, -0.2) is 0 Å². The van der Waals surface area contributed by atoms with Crippen molar-refractivity contribution in [3.63, 3.8) is 0 Å². The molecule has 5 heteroatoms. The molecular weight excluding hydrogens is 324 g/mol. The van der Waals surface area contributed by atoms with E-state index in [1.807, 2.05) is 0 Å². The molecular formula is C19H31ClN2O2. The van der Waals surface area contributed by atoms with Crippen LogP contribution in [0, 0.1) is 0 Å². The second-order valence-electron chi connectivity index (χ2n) is 6.84. The molecule has 2 aliphatic heterocycles. The smallest absolute Gasteiger partial charge is 0.119 e. The first-order valence-corrected chi connectivity index (χ1v) is 9.05. The fraction of sp³-hybridized carbons (Fsp3) is 0.684. The van der Waals surface area contributed by atoms with Gasteiger partial charge in [-0.1, -0.05) is 12.1 Å². The lowest BCUT2D eigenvalue weighted by molar-refractivity contribution is 0.0679. The van der Waals surface area contributed by atoms with Crippen molar-refractivity contribution < 1.29 is 9.47 Å². The molecule has 0 saturated carbocycles. The second kappa shape index (κ2) is 10.2. The molecule has 1 aromatic rings. The number of hydrogen-bond donors (Lipinski definition) is 1. The third kappa shape index (κ3) is 5.92. The van der Waals surface area contributed by atoms with Gasteiger partial charge in [-0.05, 0) is 69.9 Å². The summed E-state index contributed by atoms with van der Waals surface area (Å²) in [5.41, 5.74) is 1.36. The Bertz CT molecular complexity index is 455. The Balaban J connectivity index is 0.00000208. The van der Waals surface area contributed by atoms with Crippen molar-refractivity contribution in [2.75, 3.05) is 33.4 Å². The van der Waals surface area contributed by atoms with E-state index in [1.54, 1.807) is 0 Å². The van der Waals surface area contributed by atoms with Gasteiger partial charge in [0, 0.05) is 19.2 Å². The molecule has 0 aromatic heterocycles. The number of hydrogen-bond acceptors (Lipinski definition) is 4. The molecule has 0 amide bonds. The van der Waals surface area contributed by atoms with Gasteiger partial charge >= 0.3 is 0 Å². The van der Waals surface area contributed by atoms with Gasteiger partial charge in [0.05, 0.1) is 6.10 Å². The first-order valence-electron chi connectivity index (χ1n) is 9.05. The standard InChI is InChI=1S/C19H30N2O2.ClH/c1-21(17-4-2-11-20-12-10-17)14-16-6-8-18(9-7-16)23-15-19-5-3-13-22-19;/h6-9,17,19-20H,2-5,10-15H2,1H3;1H. The summed E-state index contributed by atoms with van der Waals surface area (Å²) in [7, 11) is 2.25. The highest BCUT2D eigenvalue weighted by Crippen LogP contribution is 2.19. The van der Waals surface area contributed by atoms with Crippen LogP contribution in [0.5, 0.6) is 5.75 Å². The minimum atomic E-state index is 0. The van der Waals surface area contributed by atoms with Gasteiger partial charge in [0.2, 0.25) is 0 Å². The highest BCUT2D eigenvalue weighted by atomic mass is 35.5. The van der Waals surface area contributed by atoms with Crippen LogP contribution in [-0.2, 0) is 11.3 Å². The molecule has 0 spiro atoms. The first-order chi connectivity index (χ1) is 11.3. The number of halogens is 1. The molecule has 2 saturated heterocycles. The van der Waals surface area contributed by atoms with E-state index in [-0.39, 0.29) is 18.5 Å². The zero-order chi connectivity index (χ0) is 15.9. The maximum absolute atomic E-state index is 5.84. The topological polar surface area (TPSA) is 33.7 Å². The molecule has 24 heavy (non-hydrogen) atoms. The lowest BCUT2D eigenvalue weighted by Gasteiger charge is -2.27. The zero-order valence-electron chi connectivity index (χ0n) is 14.7. The molecule has 1 aromatic carbocycles. The highest BCUT2D eigenvalue weighted by Gasteiger charge is 2.17. The Kier molecular flexibility index (Phi) is 8.33. The molecule has 2 aliphatic rings. The summed E-state index contributed by atoms with van der Waals surface area (Å²) in [4.78, 5) is 2.50. The molecule has 2 atom stereocenters. The fourth-order valence-electron chi connectivity index (χ4n) is 3.51. The van der Waals surface area contributed by atoms with Crippen LogP contribution in [-0.4, -0.2) is 50.4 Å². The van der Waals surface area contributed by atoms with Crippen LogP contribution >= 0.6 is 12.4 Å². The largest absolute Gasteiger partial charge is 0.491 e. The SMILES string of the molecule is CN(Cc1ccc(OCC2CCCO2)cc1)C1CCCNCC1.Cl. The van der Waals surface area contributed by atoms with Crippen molar-refractivity contribution in [2.24, 2.45) is 0 Å². The summed E-state index contributed by atoms with van der Waals surface area (Å²) in [6.07, 6.45) is 6.40. The number of nitrogens with zero attached hydrogens (tertiary/aromatic N) is 1. The lowest BCUT2D eigenvalue weighted by Crippen LogP contribution is -2.31. The van der Waals surface area contributed by atoms with Crippen molar-refractivity contribution in [3.8, 4) is 5.75 Å². The second-order valence-corrected chi connectivity index (χ2v) is 6.84. The van der Waals surface area contributed by atoms with Crippen LogP contribution in [0.25, 0.3) is 0 Å². The third-order valence-corrected chi connectivity index (χ3v) is 4.98. The molecule has 2 unspecified atom stereocenters. The summed E-state index contributed by atoms with van der Waals surface area (Å²) >= 11 is 0. The Morgan fingerprint density at radius 2 is 1.96 bits per heavy atom. The zero-order valence-corrected chi connectivity index (χ0v) is 15.5. The number of nitrogens with one attached hydrogen (secondary N) is 1. The molecule has 2 fully saturated rings. The van der Waals surface area contributed by atoms with Crippen molar-refractivity contribution in [2.45, 2.75) is 50.8 Å². The molecule has 2 heterocycles. The molecule has 0 bridgehead atoms. The average molecular weight is 355 g/mol. The van der Waals surface area contributed by atoms with E-state index in [1.165, 1.54) is 31.4 Å². The maximum atomic E-state index is 5.84.